The highest BCUT2D eigenvalue weighted by Crippen LogP contribution is 2.36. The molecule has 25 heavy (non-hydrogen) atoms. The van der Waals surface area contributed by atoms with Crippen LogP contribution in [0, 0.1) is 16.0 Å². The molecular formula is C19H20N2O4. The molecule has 1 aliphatic carbocycles. The number of aliphatic hydroxyl groups excluding tert-OH is 1. The minimum atomic E-state index is -0.489. The predicted octanol–water partition coefficient (Wildman–Crippen LogP) is 3.01. The Labute approximate surface area is 145 Å². The van der Waals surface area contributed by atoms with Gasteiger partial charge in [-0.2, -0.15) is 0 Å². The van der Waals surface area contributed by atoms with E-state index in [4.69, 9.17) is 0 Å². The Kier molecular flexibility index (Phi) is 5.09. The number of aliphatic hydroxyl groups is 1. The van der Waals surface area contributed by atoms with Crippen LogP contribution in [0.2, 0.25) is 0 Å². The lowest BCUT2D eigenvalue weighted by atomic mass is 10.1. The molecule has 2 aromatic carbocycles. The maximum atomic E-state index is 13.0. The molecule has 0 aliphatic heterocycles. The van der Waals surface area contributed by atoms with Crippen molar-refractivity contribution in [2.75, 3.05) is 6.61 Å². The van der Waals surface area contributed by atoms with Crippen LogP contribution in [-0.2, 0) is 6.54 Å². The Balaban J connectivity index is 1.86. The van der Waals surface area contributed by atoms with E-state index in [1.165, 1.54) is 24.3 Å². The highest BCUT2D eigenvalue weighted by molar-refractivity contribution is 5.94. The second kappa shape index (κ2) is 7.44. The molecule has 1 aliphatic rings. The Morgan fingerprint density at radius 3 is 2.32 bits per heavy atom. The molecule has 2 aromatic rings. The molecule has 1 atom stereocenters. The molecule has 6 heteroatoms. The third-order valence-corrected chi connectivity index (χ3v) is 4.54. The van der Waals surface area contributed by atoms with E-state index in [0.29, 0.717) is 18.0 Å². The highest BCUT2D eigenvalue weighted by Gasteiger charge is 2.37. The van der Waals surface area contributed by atoms with E-state index in [1.54, 1.807) is 4.90 Å². The Morgan fingerprint density at radius 1 is 1.16 bits per heavy atom. The summed E-state index contributed by atoms with van der Waals surface area (Å²) in [5.41, 5.74) is 1.32. The van der Waals surface area contributed by atoms with Crippen LogP contribution in [0.15, 0.2) is 54.6 Å². The minimum absolute atomic E-state index is 0.0490. The number of nitro benzene ring substituents is 1. The molecule has 130 valence electrons. The zero-order chi connectivity index (χ0) is 17.8. The fraction of sp³-hybridized carbons (Fsp3) is 0.316. The van der Waals surface area contributed by atoms with E-state index < -0.39 is 4.92 Å². The molecule has 0 radical (unpaired) electrons. The van der Waals surface area contributed by atoms with Gasteiger partial charge in [0.05, 0.1) is 17.6 Å². The zero-order valence-corrected chi connectivity index (χ0v) is 13.7. The second-order valence-electron chi connectivity index (χ2n) is 6.31. The van der Waals surface area contributed by atoms with Gasteiger partial charge in [-0.05, 0) is 36.5 Å². The van der Waals surface area contributed by atoms with Gasteiger partial charge in [0.2, 0.25) is 0 Å². The summed E-state index contributed by atoms with van der Waals surface area (Å²) in [6, 6.07) is 15.0. The van der Waals surface area contributed by atoms with Crippen LogP contribution in [0.3, 0.4) is 0 Å². The summed E-state index contributed by atoms with van der Waals surface area (Å²) in [6.07, 6.45) is 2.01. The van der Waals surface area contributed by atoms with Gasteiger partial charge in [0.1, 0.15) is 0 Å². The van der Waals surface area contributed by atoms with Gasteiger partial charge >= 0.3 is 0 Å². The van der Waals surface area contributed by atoms with Gasteiger partial charge in [0.25, 0.3) is 11.6 Å². The Morgan fingerprint density at radius 2 is 1.80 bits per heavy atom. The van der Waals surface area contributed by atoms with Crippen molar-refractivity contribution in [3.05, 3.63) is 75.8 Å². The quantitative estimate of drug-likeness (QED) is 0.620. The molecule has 0 saturated heterocycles. The lowest BCUT2D eigenvalue weighted by Crippen LogP contribution is -2.43. The molecule has 1 fully saturated rings. The summed E-state index contributed by atoms with van der Waals surface area (Å²) in [7, 11) is 0. The van der Waals surface area contributed by atoms with E-state index >= 15 is 0 Å². The standard InChI is InChI=1S/C19H20N2O4/c22-13-18(15-6-7-15)20(12-14-4-2-1-3-5-14)19(23)16-8-10-17(11-9-16)21(24)25/h1-5,8-11,15,18,22H,6-7,12-13H2. The van der Waals surface area contributed by atoms with Crippen molar-refractivity contribution < 1.29 is 14.8 Å². The molecule has 0 bridgehead atoms. The summed E-state index contributed by atoms with van der Waals surface area (Å²) in [5, 5.41) is 20.6. The fourth-order valence-corrected chi connectivity index (χ4v) is 2.99. The van der Waals surface area contributed by atoms with Gasteiger partial charge in [-0.25, -0.2) is 0 Å². The predicted molar refractivity (Wildman–Crippen MR) is 93.0 cm³/mol. The number of nitrogens with zero attached hydrogens (tertiary/aromatic N) is 2. The van der Waals surface area contributed by atoms with Crippen molar-refractivity contribution in [3.8, 4) is 0 Å². The number of rotatable bonds is 7. The maximum Gasteiger partial charge on any atom is 0.269 e. The molecule has 6 nitrogen and oxygen atoms in total. The third-order valence-electron chi connectivity index (χ3n) is 4.54. The average molecular weight is 340 g/mol. The van der Waals surface area contributed by atoms with E-state index in [9.17, 15) is 20.0 Å². The Bertz CT molecular complexity index is 742. The SMILES string of the molecule is O=C(c1ccc([N+](=O)[O-])cc1)N(Cc1ccccc1)C(CO)C1CC1. The summed E-state index contributed by atoms with van der Waals surface area (Å²) < 4.78 is 0. The molecule has 0 spiro atoms. The topological polar surface area (TPSA) is 83.7 Å². The number of amides is 1. The smallest absolute Gasteiger partial charge is 0.269 e. The molecule has 0 heterocycles. The highest BCUT2D eigenvalue weighted by atomic mass is 16.6. The first-order chi connectivity index (χ1) is 12.1. The van der Waals surface area contributed by atoms with Gasteiger partial charge in [0.15, 0.2) is 0 Å². The molecule has 3 rings (SSSR count). The molecule has 1 amide bonds. The average Bonchev–Trinajstić information content (AvgIpc) is 3.47. The lowest BCUT2D eigenvalue weighted by molar-refractivity contribution is -0.384. The van der Waals surface area contributed by atoms with Crippen LogP contribution in [0.25, 0.3) is 0 Å². The largest absolute Gasteiger partial charge is 0.394 e. The monoisotopic (exact) mass is 340 g/mol. The summed E-state index contributed by atoms with van der Waals surface area (Å²) in [4.78, 5) is 25.0. The van der Waals surface area contributed by atoms with Crippen molar-refractivity contribution in [2.45, 2.75) is 25.4 Å². The van der Waals surface area contributed by atoms with E-state index in [2.05, 4.69) is 0 Å². The number of hydrogen-bond donors (Lipinski definition) is 1. The zero-order valence-electron chi connectivity index (χ0n) is 13.7. The Hall–Kier alpha value is -2.73. The van der Waals surface area contributed by atoms with Gasteiger partial charge in [0, 0.05) is 24.2 Å². The number of non-ortho nitro benzene ring substituents is 1. The number of nitro groups is 1. The number of benzene rings is 2. The maximum absolute atomic E-state index is 13.0. The van der Waals surface area contributed by atoms with Crippen LogP contribution < -0.4 is 0 Å². The molecule has 1 unspecified atom stereocenters. The van der Waals surface area contributed by atoms with Crippen LogP contribution in [0.1, 0.15) is 28.8 Å². The minimum Gasteiger partial charge on any atom is -0.394 e. The first kappa shape index (κ1) is 17.1. The van der Waals surface area contributed by atoms with E-state index in [-0.39, 0.29) is 24.2 Å². The fourth-order valence-electron chi connectivity index (χ4n) is 2.99. The van der Waals surface area contributed by atoms with Crippen LogP contribution in [-0.4, -0.2) is 33.5 Å². The third kappa shape index (κ3) is 4.03. The number of hydrogen-bond acceptors (Lipinski definition) is 4. The molecular weight excluding hydrogens is 320 g/mol. The summed E-state index contributed by atoms with van der Waals surface area (Å²) in [6.45, 7) is 0.314. The van der Waals surface area contributed by atoms with Crippen molar-refractivity contribution in [1.82, 2.24) is 4.90 Å². The van der Waals surface area contributed by atoms with Crippen molar-refractivity contribution in [1.29, 1.82) is 0 Å². The van der Waals surface area contributed by atoms with Crippen LogP contribution >= 0.6 is 0 Å². The first-order valence-electron chi connectivity index (χ1n) is 8.30. The van der Waals surface area contributed by atoms with Crippen molar-refractivity contribution in [2.24, 2.45) is 5.92 Å². The first-order valence-corrected chi connectivity index (χ1v) is 8.30. The van der Waals surface area contributed by atoms with Gasteiger partial charge in [-0.1, -0.05) is 30.3 Å². The molecule has 1 N–H and O–H groups in total. The van der Waals surface area contributed by atoms with Crippen molar-refractivity contribution in [3.63, 3.8) is 0 Å². The molecule has 1 saturated carbocycles. The molecule has 0 aromatic heterocycles. The van der Waals surface area contributed by atoms with Gasteiger partial charge < -0.3 is 10.0 Å². The van der Waals surface area contributed by atoms with Crippen molar-refractivity contribution >= 4 is 11.6 Å². The van der Waals surface area contributed by atoms with E-state index in [0.717, 1.165) is 18.4 Å². The number of carbonyl (C=O) groups is 1. The summed E-state index contributed by atoms with van der Waals surface area (Å²) >= 11 is 0. The normalized spacial score (nSPS) is 14.8. The number of carbonyl (C=O) groups excluding carboxylic acids is 1. The summed E-state index contributed by atoms with van der Waals surface area (Å²) in [5.74, 6) is 0.0976. The lowest BCUT2D eigenvalue weighted by Gasteiger charge is -2.31. The van der Waals surface area contributed by atoms with E-state index in [1.807, 2.05) is 30.3 Å². The second-order valence-corrected chi connectivity index (χ2v) is 6.31. The van der Waals surface area contributed by atoms with Crippen LogP contribution in [0.4, 0.5) is 5.69 Å². The van der Waals surface area contributed by atoms with Crippen LogP contribution in [0.5, 0.6) is 0 Å². The van der Waals surface area contributed by atoms with Gasteiger partial charge in [-0.15, -0.1) is 0 Å². The van der Waals surface area contributed by atoms with Gasteiger partial charge in [-0.3, -0.25) is 14.9 Å².